The molecule has 126 valence electrons. The van der Waals surface area contributed by atoms with E-state index in [9.17, 15) is 19.8 Å². The zero-order valence-electron chi connectivity index (χ0n) is 13.8. The average molecular weight is 320 g/mol. The monoisotopic (exact) mass is 320 g/mol. The van der Waals surface area contributed by atoms with Crippen molar-refractivity contribution in [3.8, 4) is 5.75 Å². The van der Waals surface area contributed by atoms with E-state index in [1.807, 2.05) is 6.92 Å². The number of carbonyl (C=O) groups is 2. The molecule has 2 atom stereocenters. The fourth-order valence-corrected chi connectivity index (χ4v) is 2.41. The molecule has 0 aliphatic carbocycles. The molecule has 5 heteroatoms. The predicted molar refractivity (Wildman–Crippen MR) is 86.0 cm³/mol. The van der Waals surface area contributed by atoms with Crippen LogP contribution < -0.4 is 0 Å². The van der Waals surface area contributed by atoms with Gasteiger partial charge in [0, 0.05) is 0 Å². The van der Waals surface area contributed by atoms with Crippen LogP contribution in [-0.4, -0.2) is 28.8 Å². The largest absolute Gasteiger partial charge is 0.508 e. The van der Waals surface area contributed by atoms with E-state index in [4.69, 9.17) is 11.7 Å². The van der Waals surface area contributed by atoms with Crippen molar-refractivity contribution in [2.75, 3.05) is 6.61 Å². The molecule has 1 rings (SSSR count). The van der Waals surface area contributed by atoms with E-state index in [-0.39, 0.29) is 18.8 Å². The van der Waals surface area contributed by atoms with Crippen molar-refractivity contribution >= 4 is 11.9 Å². The number of carboxylic acid groups (broad SMARTS) is 1. The van der Waals surface area contributed by atoms with Crippen molar-refractivity contribution in [3.63, 3.8) is 0 Å². The van der Waals surface area contributed by atoms with Gasteiger partial charge in [-0.25, -0.2) is 0 Å². The second kappa shape index (κ2) is 7.49. The van der Waals surface area contributed by atoms with Crippen molar-refractivity contribution in [1.82, 2.24) is 0 Å². The lowest BCUT2D eigenvalue weighted by Gasteiger charge is -2.33. The van der Waals surface area contributed by atoms with Gasteiger partial charge in [-0.15, -0.1) is 0 Å². The Morgan fingerprint density at radius 1 is 1.22 bits per heavy atom. The van der Waals surface area contributed by atoms with Gasteiger partial charge < -0.3 is 14.9 Å². The molecule has 0 bridgehead atoms. The summed E-state index contributed by atoms with van der Waals surface area (Å²) >= 11 is 0. The van der Waals surface area contributed by atoms with Gasteiger partial charge in [0.1, 0.15) is 5.75 Å². The number of phenols is 1. The maximum Gasteiger partial charge on any atom is 0.313 e. The molecule has 0 aliphatic heterocycles. The van der Waals surface area contributed by atoms with Crippen molar-refractivity contribution in [3.05, 3.63) is 36.8 Å². The van der Waals surface area contributed by atoms with Crippen LogP contribution in [0.15, 0.2) is 24.3 Å². The minimum Gasteiger partial charge on any atom is -0.508 e. The Bertz CT molecular complexity index is 547. The fraction of sp³-hybridized carbons (Fsp3) is 0.500. The molecule has 0 aromatic heterocycles. The Morgan fingerprint density at radius 2 is 1.78 bits per heavy atom. The average Bonchev–Trinajstić information content (AvgIpc) is 2.47. The van der Waals surface area contributed by atoms with Gasteiger partial charge >= 0.3 is 11.9 Å². The van der Waals surface area contributed by atoms with Crippen molar-refractivity contribution in [2.24, 2.45) is 5.41 Å². The van der Waals surface area contributed by atoms with E-state index in [1.165, 1.54) is 38.1 Å². The summed E-state index contributed by atoms with van der Waals surface area (Å²) in [6.45, 7) is 11.3. The second-order valence-electron chi connectivity index (χ2n) is 6.27. The van der Waals surface area contributed by atoms with Gasteiger partial charge in [0.25, 0.3) is 0 Å². The summed E-state index contributed by atoms with van der Waals surface area (Å²) in [5.74, 6) is -1.67. The van der Waals surface area contributed by atoms with Crippen LogP contribution in [-0.2, 0) is 19.7 Å². The molecule has 2 radical (unpaired) electrons. The first-order valence-electron chi connectivity index (χ1n) is 7.62. The molecule has 5 nitrogen and oxygen atoms in total. The second-order valence-corrected chi connectivity index (χ2v) is 6.27. The lowest BCUT2D eigenvalue weighted by Crippen LogP contribution is -2.41. The number of hydrogen-bond acceptors (Lipinski definition) is 4. The number of carboxylic acids is 1. The molecule has 2 unspecified atom stereocenters. The molecular weight excluding hydrogens is 296 g/mol. The van der Waals surface area contributed by atoms with Crippen LogP contribution in [0.5, 0.6) is 5.75 Å². The van der Waals surface area contributed by atoms with E-state index in [1.54, 1.807) is 0 Å². The molecule has 0 heterocycles. The molecule has 2 N–H and O–H groups in total. The lowest BCUT2D eigenvalue weighted by atomic mass is 9.70. The summed E-state index contributed by atoms with van der Waals surface area (Å²) < 4.78 is 5.13. The van der Waals surface area contributed by atoms with E-state index < -0.39 is 22.8 Å². The molecule has 0 spiro atoms. The molecule has 0 amide bonds. The highest BCUT2D eigenvalue weighted by Crippen LogP contribution is 2.38. The number of esters is 1. The van der Waals surface area contributed by atoms with Crippen LogP contribution >= 0.6 is 0 Å². The van der Waals surface area contributed by atoms with Gasteiger partial charge in [-0.3, -0.25) is 9.59 Å². The van der Waals surface area contributed by atoms with Crippen molar-refractivity contribution in [1.29, 1.82) is 0 Å². The third kappa shape index (κ3) is 4.71. The summed E-state index contributed by atoms with van der Waals surface area (Å²) in [5, 5.41) is 19.0. The van der Waals surface area contributed by atoms with Crippen LogP contribution in [0.25, 0.3) is 0 Å². The lowest BCUT2D eigenvalue weighted by molar-refractivity contribution is -0.155. The minimum atomic E-state index is -1.43. The normalized spacial score (nSPS) is 14.1. The molecule has 0 saturated carbocycles. The number of aliphatic carboxylic acids is 1. The summed E-state index contributed by atoms with van der Waals surface area (Å²) in [5.41, 5.74) is -2.35. The Balaban J connectivity index is 3.00. The maximum absolute atomic E-state index is 12.1. The van der Waals surface area contributed by atoms with Crippen molar-refractivity contribution < 1.29 is 24.5 Å². The highest BCUT2D eigenvalue weighted by molar-refractivity contribution is 5.84. The SMILES string of the molecule is [CH]C(C)(CC(C)(C(=O)O)c1ccc(O)cc1)C(=O)OCCCC. The molecular formula is C18H24O5. The van der Waals surface area contributed by atoms with Crippen LogP contribution in [0.4, 0.5) is 0 Å². The van der Waals surface area contributed by atoms with Gasteiger partial charge in [-0.05, 0) is 51.3 Å². The van der Waals surface area contributed by atoms with Gasteiger partial charge in [-0.2, -0.15) is 0 Å². The highest BCUT2D eigenvalue weighted by Gasteiger charge is 2.44. The number of rotatable bonds is 8. The summed E-state index contributed by atoms with van der Waals surface area (Å²) in [6.07, 6.45) is 1.50. The van der Waals surface area contributed by atoms with Crippen LogP contribution in [0.1, 0.15) is 45.6 Å². The summed E-state index contributed by atoms with van der Waals surface area (Å²) in [6, 6.07) is 5.85. The minimum absolute atomic E-state index is 0.0379. The number of carbonyl (C=O) groups excluding carboxylic acids is 1. The molecule has 1 aromatic rings. The smallest absolute Gasteiger partial charge is 0.313 e. The number of benzene rings is 1. The summed E-state index contributed by atoms with van der Waals surface area (Å²) in [4.78, 5) is 23.9. The number of phenolic OH excluding ortho intramolecular Hbond substituents is 1. The Kier molecular flexibility index (Phi) is 6.19. The van der Waals surface area contributed by atoms with Gasteiger partial charge in [-0.1, -0.05) is 25.5 Å². The van der Waals surface area contributed by atoms with Gasteiger partial charge in [0.2, 0.25) is 0 Å². The Hall–Kier alpha value is -2.04. The van der Waals surface area contributed by atoms with Gasteiger partial charge in [0.05, 0.1) is 17.4 Å². The van der Waals surface area contributed by atoms with E-state index in [2.05, 4.69) is 0 Å². The number of unbranched alkanes of at least 4 members (excludes halogenated alkanes) is 1. The van der Waals surface area contributed by atoms with E-state index in [0.717, 1.165) is 12.8 Å². The fourth-order valence-electron chi connectivity index (χ4n) is 2.41. The van der Waals surface area contributed by atoms with E-state index in [0.29, 0.717) is 5.56 Å². The Morgan fingerprint density at radius 3 is 2.26 bits per heavy atom. The predicted octanol–water partition coefficient (Wildman–Crippen LogP) is 3.19. The summed E-state index contributed by atoms with van der Waals surface area (Å²) in [7, 11) is 0. The molecule has 0 fully saturated rings. The quantitative estimate of drug-likeness (QED) is 0.568. The third-order valence-electron chi connectivity index (χ3n) is 3.89. The van der Waals surface area contributed by atoms with Gasteiger partial charge in [0.15, 0.2) is 0 Å². The first-order valence-corrected chi connectivity index (χ1v) is 7.62. The Labute approximate surface area is 137 Å². The third-order valence-corrected chi connectivity index (χ3v) is 3.89. The van der Waals surface area contributed by atoms with Crippen LogP contribution in [0.2, 0.25) is 0 Å². The maximum atomic E-state index is 12.1. The van der Waals surface area contributed by atoms with Crippen LogP contribution in [0.3, 0.4) is 0 Å². The molecule has 0 aliphatic rings. The van der Waals surface area contributed by atoms with Crippen LogP contribution in [0, 0.1) is 12.3 Å². The topological polar surface area (TPSA) is 83.8 Å². The first kappa shape index (κ1) is 19.0. The zero-order chi connectivity index (χ0) is 17.7. The number of ether oxygens (including phenoxy) is 1. The number of hydrogen-bond donors (Lipinski definition) is 2. The van der Waals surface area contributed by atoms with E-state index >= 15 is 0 Å². The zero-order valence-corrected chi connectivity index (χ0v) is 13.8. The molecule has 23 heavy (non-hydrogen) atoms. The standard InChI is InChI=1S/C18H24O5/c1-5-6-11-23-16(22)17(2,3)12-18(4,15(20)21)13-7-9-14(19)10-8-13/h2,7-10,19H,5-6,11-12H2,1,3-4H3,(H,20,21). The molecule has 1 aromatic carbocycles. The molecule has 0 saturated heterocycles. The highest BCUT2D eigenvalue weighted by atomic mass is 16.5. The first-order chi connectivity index (χ1) is 10.6. The van der Waals surface area contributed by atoms with Crippen molar-refractivity contribution in [2.45, 2.75) is 45.4 Å². The number of aromatic hydroxyl groups is 1.